The topological polar surface area (TPSA) is 45.7 Å². The largest absolute Gasteiger partial charge is 0.482 e. The van der Waals surface area contributed by atoms with Crippen molar-refractivity contribution in [2.45, 2.75) is 20.3 Å². The fourth-order valence-electron chi connectivity index (χ4n) is 3.16. The number of aryl methyl sites for hydroxylation is 2. The molecule has 1 heterocycles. The van der Waals surface area contributed by atoms with Gasteiger partial charge >= 0.3 is 0 Å². The highest BCUT2D eigenvalue weighted by Crippen LogP contribution is 2.33. The van der Waals surface area contributed by atoms with E-state index in [9.17, 15) is 4.79 Å². The van der Waals surface area contributed by atoms with E-state index in [4.69, 9.17) is 32.9 Å². The van der Waals surface area contributed by atoms with Gasteiger partial charge in [0.15, 0.2) is 11.7 Å². The maximum atomic E-state index is 13.1. The molecule has 0 aliphatic carbocycles. The molecule has 0 saturated carbocycles. The fourth-order valence-corrected chi connectivity index (χ4v) is 4.68. The van der Waals surface area contributed by atoms with Crippen molar-refractivity contribution in [1.82, 2.24) is 9.88 Å². The van der Waals surface area contributed by atoms with Crippen molar-refractivity contribution in [3.63, 3.8) is 0 Å². The van der Waals surface area contributed by atoms with Gasteiger partial charge in [-0.1, -0.05) is 40.6 Å². The highest BCUT2D eigenvalue weighted by molar-refractivity contribution is 7.22. The van der Waals surface area contributed by atoms with Crippen LogP contribution in [0.5, 0.6) is 5.75 Å². The summed E-state index contributed by atoms with van der Waals surface area (Å²) in [6.45, 7) is 5.43. The summed E-state index contributed by atoms with van der Waals surface area (Å²) in [6, 6.07) is 9.12. The Morgan fingerprint density at radius 1 is 1.13 bits per heavy atom. The third-order valence-electron chi connectivity index (χ3n) is 4.57. The van der Waals surface area contributed by atoms with Crippen LogP contribution in [0.4, 0.5) is 5.13 Å². The number of nitrogens with zero attached hydrogens (tertiary/aromatic N) is 3. The minimum atomic E-state index is -0.159. The van der Waals surface area contributed by atoms with Crippen LogP contribution in [-0.2, 0) is 4.79 Å². The predicted octanol–water partition coefficient (Wildman–Crippen LogP) is 5.58. The average molecular weight is 466 g/mol. The maximum absolute atomic E-state index is 13.1. The number of amides is 1. The molecule has 30 heavy (non-hydrogen) atoms. The second-order valence-corrected chi connectivity index (χ2v) is 9.31. The molecule has 0 bridgehead atoms. The Bertz CT molecular complexity index is 1050. The van der Waals surface area contributed by atoms with Crippen LogP contribution < -0.4 is 9.64 Å². The molecule has 3 aromatic rings. The molecule has 0 aliphatic rings. The smallest absolute Gasteiger partial charge is 0.266 e. The van der Waals surface area contributed by atoms with E-state index in [0.717, 1.165) is 28.7 Å². The van der Waals surface area contributed by atoms with Crippen LogP contribution in [0, 0.1) is 13.8 Å². The summed E-state index contributed by atoms with van der Waals surface area (Å²) in [7, 11) is 4.03. The Morgan fingerprint density at radius 2 is 1.90 bits per heavy atom. The summed E-state index contributed by atoms with van der Waals surface area (Å²) >= 11 is 13.6. The van der Waals surface area contributed by atoms with Crippen molar-refractivity contribution in [1.29, 1.82) is 0 Å². The van der Waals surface area contributed by atoms with Crippen LogP contribution in [0.2, 0.25) is 10.0 Å². The van der Waals surface area contributed by atoms with Gasteiger partial charge in [0.2, 0.25) is 0 Å². The number of carbonyl (C=O) groups is 1. The third-order valence-corrected chi connectivity index (χ3v) is 6.33. The summed E-state index contributed by atoms with van der Waals surface area (Å²) in [4.78, 5) is 21.6. The molecule has 1 aromatic heterocycles. The number of halogens is 2. The quantitative estimate of drug-likeness (QED) is 0.435. The van der Waals surface area contributed by atoms with Crippen LogP contribution >= 0.6 is 34.5 Å². The highest BCUT2D eigenvalue weighted by Gasteiger charge is 2.21. The zero-order valence-corrected chi connectivity index (χ0v) is 19.9. The first-order valence-electron chi connectivity index (χ1n) is 9.65. The van der Waals surface area contributed by atoms with E-state index in [-0.39, 0.29) is 12.5 Å². The summed E-state index contributed by atoms with van der Waals surface area (Å²) in [5.74, 6) is 0.270. The first-order chi connectivity index (χ1) is 14.2. The SMILES string of the molecule is Cc1cc(C)c2sc(N(CCCN(C)C)C(=O)COc3ccc(Cl)cc3Cl)nc2c1. The van der Waals surface area contributed by atoms with Crippen molar-refractivity contribution >= 4 is 55.8 Å². The van der Waals surface area contributed by atoms with Gasteiger partial charge in [-0.25, -0.2) is 4.98 Å². The number of aromatic nitrogens is 1. The zero-order chi connectivity index (χ0) is 21.8. The normalized spacial score (nSPS) is 11.3. The minimum Gasteiger partial charge on any atom is -0.482 e. The summed E-state index contributed by atoms with van der Waals surface area (Å²) in [5, 5.41) is 1.58. The van der Waals surface area contributed by atoms with Crippen molar-refractivity contribution in [3.8, 4) is 5.75 Å². The van der Waals surface area contributed by atoms with Gasteiger partial charge in [0.05, 0.1) is 15.2 Å². The predicted molar refractivity (Wildman–Crippen MR) is 127 cm³/mol. The van der Waals surface area contributed by atoms with Gasteiger partial charge in [0.25, 0.3) is 5.91 Å². The number of benzene rings is 2. The van der Waals surface area contributed by atoms with E-state index < -0.39 is 0 Å². The Balaban J connectivity index is 1.82. The standard InChI is InChI=1S/C22H25Cl2N3O2S/c1-14-10-15(2)21-18(11-14)25-22(30-21)27(9-5-8-26(3)4)20(28)13-29-19-7-6-16(23)12-17(19)24/h6-7,10-12H,5,8-9,13H2,1-4H3. The molecule has 2 aromatic carbocycles. The van der Waals surface area contributed by atoms with E-state index >= 15 is 0 Å². The van der Waals surface area contributed by atoms with Crippen LogP contribution in [0.15, 0.2) is 30.3 Å². The van der Waals surface area contributed by atoms with Gasteiger partial charge in [-0.05, 0) is 76.3 Å². The van der Waals surface area contributed by atoms with Gasteiger partial charge in [0, 0.05) is 11.6 Å². The van der Waals surface area contributed by atoms with Crippen LogP contribution in [0.3, 0.4) is 0 Å². The van der Waals surface area contributed by atoms with Gasteiger partial charge in [-0.3, -0.25) is 9.69 Å². The molecule has 0 unspecified atom stereocenters. The summed E-state index contributed by atoms with van der Waals surface area (Å²) < 4.78 is 6.78. The van der Waals surface area contributed by atoms with E-state index in [0.29, 0.717) is 27.5 Å². The van der Waals surface area contributed by atoms with Crippen molar-refractivity contribution < 1.29 is 9.53 Å². The first kappa shape index (κ1) is 22.8. The second-order valence-electron chi connectivity index (χ2n) is 7.49. The number of carbonyl (C=O) groups excluding carboxylic acids is 1. The third kappa shape index (κ3) is 5.64. The number of hydrogen-bond donors (Lipinski definition) is 0. The second kappa shape index (κ2) is 9.96. The molecule has 0 saturated heterocycles. The van der Waals surface area contributed by atoms with Crippen LogP contribution in [0.1, 0.15) is 17.5 Å². The molecule has 0 atom stereocenters. The number of ether oxygens (including phenoxy) is 1. The molecule has 0 radical (unpaired) electrons. The van der Waals surface area contributed by atoms with E-state index in [2.05, 4.69) is 30.9 Å². The van der Waals surface area contributed by atoms with E-state index in [1.807, 2.05) is 14.1 Å². The van der Waals surface area contributed by atoms with Crippen molar-refractivity contribution in [2.24, 2.45) is 0 Å². The highest BCUT2D eigenvalue weighted by atomic mass is 35.5. The lowest BCUT2D eigenvalue weighted by atomic mass is 10.1. The number of thiazole rings is 1. The molecule has 1 amide bonds. The molecule has 3 rings (SSSR count). The first-order valence-corrected chi connectivity index (χ1v) is 11.2. The number of fused-ring (bicyclic) bond motifs is 1. The van der Waals surface area contributed by atoms with E-state index in [1.54, 1.807) is 23.1 Å². The van der Waals surface area contributed by atoms with Crippen LogP contribution in [-0.4, -0.2) is 49.6 Å². The van der Waals surface area contributed by atoms with E-state index in [1.165, 1.54) is 16.9 Å². The van der Waals surface area contributed by atoms with Crippen LogP contribution in [0.25, 0.3) is 10.2 Å². The molecule has 160 valence electrons. The summed E-state index contributed by atoms with van der Waals surface area (Å²) in [6.07, 6.45) is 0.828. The number of hydrogen-bond acceptors (Lipinski definition) is 5. The number of anilines is 1. The molecule has 5 nitrogen and oxygen atoms in total. The molecule has 0 aliphatic heterocycles. The Kier molecular flexibility index (Phi) is 7.58. The maximum Gasteiger partial charge on any atom is 0.266 e. The Hall–Kier alpha value is -1.86. The lowest BCUT2D eigenvalue weighted by Gasteiger charge is -2.21. The van der Waals surface area contributed by atoms with Gasteiger partial charge in [-0.2, -0.15) is 0 Å². The lowest BCUT2D eigenvalue weighted by molar-refractivity contribution is -0.120. The average Bonchev–Trinajstić information content (AvgIpc) is 3.08. The van der Waals surface area contributed by atoms with Gasteiger partial charge in [-0.15, -0.1) is 0 Å². The Labute approximate surface area is 191 Å². The lowest BCUT2D eigenvalue weighted by Crippen LogP contribution is -2.36. The molecule has 8 heteroatoms. The molecule has 0 spiro atoms. The fraction of sp³-hybridized carbons (Fsp3) is 0.364. The van der Waals surface area contributed by atoms with Crippen molar-refractivity contribution in [2.75, 3.05) is 38.7 Å². The monoisotopic (exact) mass is 465 g/mol. The molecule has 0 fully saturated rings. The Morgan fingerprint density at radius 3 is 2.60 bits per heavy atom. The molecular formula is C22H25Cl2N3O2S. The minimum absolute atomic E-state index is 0.128. The molecular weight excluding hydrogens is 441 g/mol. The molecule has 0 N–H and O–H groups in total. The van der Waals surface area contributed by atoms with Gasteiger partial charge < -0.3 is 9.64 Å². The summed E-state index contributed by atoms with van der Waals surface area (Å²) in [5.41, 5.74) is 3.24. The number of rotatable bonds is 8. The van der Waals surface area contributed by atoms with Gasteiger partial charge in [0.1, 0.15) is 5.75 Å². The van der Waals surface area contributed by atoms with Crippen molar-refractivity contribution in [3.05, 3.63) is 51.5 Å². The zero-order valence-electron chi connectivity index (χ0n) is 17.5.